The van der Waals surface area contributed by atoms with Gasteiger partial charge in [-0.3, -0.25) is 0 Å². The highest BCUT2D eigenvalue weighted by Crippen LogP contribution is 2.24. The molecule has 0 amide bonds. The molecule has 0 spiro atoms. The van der Waals surface area contributed by atoms with E-state index in [-0.39, 0.29) is 0 Å². The van der Waals surface area contributed by atoms with Crippen molar-refractivity contribution >= 4 is 23.0 Å². The van der Waals surface area contributed by atoms with E-state index < -0.39 is 0 Å². The molecule has 0 unspecified atom stereocenters. The van der Waals surface area contributed by atoms with Crippen molar-refractivity contribution in [3.8, 4) is 0 Å². The molecule has 2 N–H and O–H groups in total. The Bertz CT molecular complexity index is 479. The minimum Gasteiger partial charge on any atom is -0.389 e. The molecule has 6 heteroatoms. The van der Waals surface area contributed by atoms with Gasteiger partial charge in [0.25, 0.3) is 0 Å². The van der Waals surface area contributed by atoms with E-state index in [1.165, 1.54) is 0 Å². The van der Waals surface area contributed by atoms with Crippen LogP contribution in [0.1, 0.15) is 44.5 Å². The van der Waals surface area contributed by atoms with Gasteiger partial charge in [-0.1, -0.05) is 26.1 Å². The second-order valence-electron chi connectivity index (χ2n) is 4.67. The highest BCUT2D eigenvalue weighted by Gasteiger charge is 2.20. The number of aromatic nitrogens is 2. The molecule has 1 heterocycles. The number of likely N-dealkylation sites (N-methyl/N-ethyl adjacent to an activating group) is 1. The molecule has 1 rings (SSSR count). The van der Waals surface area contributed by atoms with Crippen LogP contribution in [0.2, 0.25) is 0 Å². The van der Waals surface area contributed by atoms with Crippen LogP contribution in [-0.4, -0.2) is 41.5 Å². The van der Waals surface area contributed by atoms with E-state index in [0.717, 1.165) is 48.6 Å². The molecular formula is C15H26N4OS. The fourth-order valence-corrected chi connectivity index (χ4v) is 2.59. The fourth-order valence-electron chi connectivity index (χ4n) is 2.38. The van der Waals surface area contributed by atoms with Gasteiger partial charge in [-0.15, -0.1) is 5.10 Å². The van der Waals surface area contributed by atoms with Crippen molar-refractivity contribution in [2.24, 2.45) is 5.73 Å². The number of nitrogens with two attached hydrogens (primary N) is 1. The highest BCUT2D eigenvalue weighted by molar-refractivity contribution is 7.80. The molecule has 0 aliphatic carbocycles. The zero-order valence-electron chi connectivity index (χ0n) is 13.5. The maximum absolute atomic E-state index is 5.97. The van der Waals surface area contributed by atoms with Crippen molar-refractivity contribution < 1.29 is 4.74 Å². The quantitative estimate of drug-likeness (QED) is 0.556. The predicted octanol–water partition coefficient (Wildman–Crippen LogP) is 2.10. The van der Waals surface area contributed by atoms with Crippen LogP contribution in [0.15, 0.2) is 0 Å². The Balaban J connectivity index is 3.23. The lowest BCUT2D eigenvalue weighted by Crippen LogP contribution is -2.32. The third-order valence-electron chi connectivity index (χ3n) is 3.46. The Kier molecular flexibility index (Phi) is 7.53. The van der Waals surface area contributed by atoms with Crippen LogP contribution >= 0.6 is 12.2 Å². The molecule has 0 aliphatic rings. The number of aryl methyl sites for hydroxylation is 1. The third-order valence-corrected chi connectivity index (χ3v) is 3.67. The number of anilines is 1. The van der Waals surface area contributed by atoms with Crippen LogP contribution in [0.25, 0.3) is 0 Å². The molecule has 0 atom stereocenters. The Morgan fingerprint density at radius 3 is 2.38 bits per heavy atom. The molecule has 0 aliphatic heterocycles. The number of ether oxygens (including phenoxy) is 1. The minimum absolute atomic E-state index is 0.390. The zero-order chi connectivity index (χ0) is 15.8. The van der Waals surface area contributed by atoms with Gasteiger partial charge in [0, 0.05) is 19.7 Å². The topological polar surface area (TPSA) is 64.3 Å². The normalized spacial score (nSPS) is 10.7. The summed E-state index contributed by atoms with van der Waals surface area (Å²) in [7, 11) is 0. The molecular weight excluding hydrogens is 284 g/mol. The van der Waals surface area contributed by atoms with Crippen molar-refractivity contribution in [3.63, 3.8) is 0 Å². The van der Waals surface area contributed by atoms with Gasteiger partial charge in [-0.2, -0.15) is 5.10 Å². The summed E-state index contributed by atoms with van der Waals surface area (Å²) < 4.78 is 5.44. The molecule has 0 fully saturated rings. The largest absolute Gasteiger partial charge is 0.389 e. The van der Waals surface area contributed by atoms with Gasteiger partial charge in [0.15, 0.2) is 5.82 Å². The van der Waals surface area contributed by atoms with Gasteiger partial charge in [0.05, 0.1) is 17.9 Å². The lowest BCUT2D eigenvalue weighted by Gasteiger charge is -2.25. The first-order chi connectivity index (χ1) is 10.1. The zero-order valence-corrected chi connectivity index (χ0v) is 14.3. The van der Waals surface area contributed by atoms with Gasteiger partial charge in [0.1, 0.15) is 4.99 Å². The number of thiocarbonyl (C=S) groups is 1. The first-order valence-electron chi connectivity index (χ1n) is 7.61. The van der Waals surface area contributed by atoms with Crippen LogP contribution < -0.4 is 10.6 Å². The van der Waals surface area contributed by atoms with E-state index in [0.29, 0.717) is 18.2 Å². The lowest BCUT2D eigenvalue weighted by atomic mass is 10.0. The van der Waals surface area contributed by atoms with Crippen LogP contribution in [0, 0.1) is 0 Å². The minimum atomic E-state index is 0.390. The fraction of sp³-hybridized carbons (Fsp3) is 0.667. The number of hydrogen-bond acceptors (Lipinski definition) is 5. The van der Waals surface area contributed by atoms with Gasteiger partial charge in [-0.05, 0) is 32.3 Å². The SMILES string of the molecule is CCOCCN(CC)c1nnc(CC)c(CC)c1C(N)=S. The van der Waals surface area contributed by atoms with E-state index >= 15 is 0 Å². The molecule has 1 aromatic heterocycles. The van der Waals surface area contributed by atoms with Crippen molar-refractivity contribution in [2.75, 3.05) is 31.2 Å². The molecule has 0 radical (unpaired) electrons. The van der Waals surface area contributed by atoms with Gasteiger partial charge < -0.3 is 15.4 Å². The van der Waals surface area contributed by atoms with Crippen molar-refractivity contribution in [3.05, 3.63) is 16.8 Å². The monoisotopic (exact) mass is 310 g/mol. The maximum Gasteiger partial charge on any atom is 0.161 e. The molecule has 21 heavy (non-hydrogen) atoms. The molecule has 5 nitrogen and oxygen atoms in total. The summed E-state index contributed by atoms with van der Waals surface area (Å²) >= 11 is 5.27. The van der Waals surface area contributed by atoms with Crippen molar-refractivity contribution in [2.45, 2.75) is 40.5 Å². The first-order valence-corrected chi connectivity index (χ1v) is 8.02. The summed E-state index contributed by atoms with van der Waals surface area (Å²) in [5, 5.41) is 8.74. The van der Waals surface area contributed by atoms with E-state index in [9.17, 15) is 0 Å². The predicted molar refractivity (Wildman–Crippen MR) is 91.1 cm³/mol. The maximum atomic E-state index is 5.97. The summed E-state index contributed by atoms with van der Waals surface area (Å²) in [6.07, 6.45) is 1.68. The summed E-state index contributed by atoms with van der Waals surface area (Å²) in [4.78, 5) is 2.51. The van der Waals surface area contributed by atoms with E-state index in [1.54, 1.807) is 0 Å². The Morgan fingerprint density at radius 1 is 1.19 bits per heavy atom. The Morgan fingerprint density at radius 2 is 1.90 bits per heavy atom. The molecule has 0 saturated carbocycles. The molecule has 118 valence electrons. The van der Waals surface area contributed by atoms with Gasteiger partial charge in [-0.25, -0.2) is 0 Å². The summed E-state index contributed by atoms with van der Waals surface area (Å²) in [6, 6.07) is 0. The molecule has 0 aromatic carbocycles. The number of nitrogens with zero attached hydrogens (tertiary/aromatic N) is 3. The third kappa shape index (κ3) is 4.35. The molecule has 1 aromatic rings. The average Bonchev–Trinajstić information content (AvgIpc) is 2.50. The number of hydrogen-bond donors (Lipinski definition) is 1. The van der Waals surface area contributed by atoms with Gasteiger partial charge in [0.2, 0.25) is 0 Å². The smallest absolute Gasteiger partial charge is 0.161 e. The number of rotatable bonds is 9. The second kappa shape index (κ2) is 8.89. The lowest BCUT2D eigenvalue weighted by molar-refractivity contribution is 0.154. The molecule has 0 bridgehead atoms. The van der Waals surface area contributed by atoms with Crippen molar-refractivity contribution in [1.29, 1.82) is 0 Å². The Hall–Kier alpha value is -1.27. The summed E-state index contributed by atoms with van der Waals surface area (Å²) in [6.45, 7) is 11.2. The standard InChI is InChI=1S/C15H26N4OS/c1-5-11-12(6-2)17-18-15(13(11)14(16)21)19(7-3)9-10-20-8-4/h5-10H2,1-4H3,(H2,16,21). The summed E-state index contributed by atoms with van der Waals surface area (Å²) in [5.41, 5.74) is 8.93. The van der Waals surface area contributed by atoms with Crippen LogP contribution in [-0.2, 0) is 17.6 Å². The first kappa shape index (κ1) is 17.8. The van der Waals surface area contributed by atoms with Crippen molar-refractivity contribution in [1.82, 2.24) is 10.2 Å². The summed E-state index contributed by atoms with van der Waals surface area (Å²) in [5.74, 6) is 0.777. The van der Waals surface area contributed by atoms with E-state index in [2.05, 4.69) is 35.9 Å². The van der Waals surface area contributed by atoms with Gasteiger partial charge >= 0.3 is 0 Å². The second-order valence-corrected chi connectivity index (χ2v) is 5.11. The van der Waals surface area contributed by atoms with E-state index in [4.69, 9.17) is 22.7 Å². The Labute approximate surface area is 132 Å². The van der Waals surface area contributed by atoms with E-state index in [1.807, 2.05) is 6.92 Å². The highest BCUT2D eigenvalue weighted by atomic mass is 32.1. The van der Waals surface area contributed by atoms with Crippen LogP contribution in [0.4, 0.5) is 5.82 Å². The average molecular weight is 310 g/mol. The van der Waals surface area contributed by atoms with Crippen LogP contribution in [0.5, 0.6) is 0 Å². The van der Waals surface area contributed by atoms with Crippen LogP contribution in [0.3, 0.4) is 0 Å². The molecule has 0 saturated heterocycles.